The number of halogens is 2. The number of esters is 1. The topological polar surface area (TPSA) is 43.4 Å². The quantitative estimate of drug-likeness (QED) is 0.630. The van der Waals surface area contributed by atoms with Crippen LogP contribution in [0.1, 0.15) is 15.9 Å². The number of hydrogen-bond acceptors (Lipinski definition) is 3. The standard InChI is InChI=1S/C10H8Br2O3/c1-15-10(14)4-8-6(5-13)2-7(11)3-9(8)12/h2-3,5H,4H2,1H3. The lowest BCUT2D eigenvalue weighted by Crippen LogP contribution is -2.07. The second-order valence-electron chi connectivity index (χ2n) is 2.83. The van der Waals surface area contributed by atoms with E-state index in [1.54, 1.807) is 12.1 Å². The molecule has 0 aliphatic heterocycles. The summed E-state index contributed by atoms with van der Waals surface area (Å²) in [5.74, 6) is -0.374. The molecule has 0 amide bonds. The Morgan fingerprint density at radius 1 is 1.47 bits per heavy atom. The monoisotopic (exact) mass is 334 g/mol. The van der Waals surface area contributed by atoms with Crippen molar-refractivity contribution in [1.29, 1.82) is 0 Å². The molecule has 0 atom stereocenters. The minimum Gasteiger partial charge on any atom is -0.469 e. The van der Waals surface area contributed by atoms with Crippen LogP contribution in [0.25, 0.3) is 0 Å². The van der Waals surface area contributed by atoms with Crippen LogP contribution in [0.3, 0.4) is 0 Å². The lowest BCUT2D eigenvalue weighted by molar-refractivity contribution is -0.139. The molecule has 0 bridgehead atoms. The van der Waals surface area contributed by atoms with Crippen molar-refractivity contribution in [2.75, 3.05) is 7.11 Å². The largest absolute Gasteiger partial charge is 0.469 e. The molecule has 0 saturated heterocycles. The van der Waals surface area contributed by atoms with Gasteiger partial charge in [0, 0.05) is 14.5 Å². The number of ether oxygens (including phenoxy) is 1. The van der Waals surface area contributed by atoms with Gasteiger partial charge in [0.05, 0.1) is 13.5 Å². The predicted molar refractivity (Wildman–Crippen MR) is 62.9 cm³/mol. The van der Waals surface area contributed by atoms with Gasteiger partial charge in [-0.25, -0.2) is 0 Å². The normalized spacial score (nSPS) is 9.80. The molecular weight excluding hydrogens is 328 g/mol. The van der Waals surface area contributed by atoms with Gasteiger partial charge in [0.15, 0.2) is 0 Å². The third-order valence-electron chi connectivity index (χ3n) is 1.87. The average Bonchev–Trinajstić information content (AvgIpc) is 2.21. The Kier molecular flexibility index (Phi) is 4.47. The van der Waals surface area contributed by atoms with E-state index in [4.69, 9.17) is 0 Å². The molecule has 1 aromatic carbocycles. The van der Waals surface area contributed by atoms with Gasteiger partial charge in [-0.3, -0.25) is 9.59 Å². The van der Waals surface area contributed by atoms with Crippen molar-refractivity contribution >= 4 is 44.1 Å². The van der Waals surface area contributed by atoms with Gasteiger partial charge in [0.25, 0.3) is 0 Å². The molecule has 0 unspecified atom stereocenters. The number of aldehydes is 1. The van der Waals surface area contributed by atoms with E-state index in [1.165, 1.54) is 7.11 Å². The second kappa shape index (κ2) is 5.42. The van der Waals surface area contributed by atoms with E-state index >= 15 is 0 Å². The molecule has 80 valence electrons. The second-order valence-corrected chi connectivity index (χ2v) is 4.60. The number of carbonyl (C=O) groups excluding carboxylic acids is 2. The van der Waals surface area contributed by atoms with Crippen molar-refractivity contribution in [2.24, 2.45) is 0 Å². The lowest BCUT2D eigenvalue weighted by Gasteiger charge is -2.07. The minimum atomic E-state index is -0.374. The first-order chi connectivity index (χ1) is 7.08. The van der Waals surface area contributed by atoms with Crippen LogP contribution < -0.4 is 0 Å². The van der Waals surface area contributed by atoms with Crippen LogP contribution in [0, 0.1) is 0 Å². The SMILES string of the molecule is COC(=O)Cc1c(Br)cc(Br)cc1C=O. The summed E-state index contributed by atoms with van der Waals surface area (Å²) in [5, 5.41) is 0. The molecule has 0 N–H and O–H groups in total. The molecule has 0 aliphatic carbocycles. The van der Waals surface area contributed by atoms with Crippen molar-refractivity contribution < 1.29 is 14.3 Å². The van der Waals surface area contributed by atoms with Crippen LogP contribution in [-0.2, 0) is 16.0 Å². The molecule has 3 nitrogen and oxygen atoms in total. The zero-order valence-electron chi connectivity index (χ0n) is 7.92. The Morgan fingerprint density at radius 2 is 2.13 bits per heavy atom. The maximum absolute atomic E-state index is 11.1. The molecule has 15 heavy (non-hydrogen) atoms. The van der Waals surface area contributed by atoms with Gasteiger partial charge in [-0.1, -0.05) is 31.9 Å². The summed E-state index contributed by atoms with van der Waals surface area (Å²) in [6.45, 7) is 0. The molecular formula is C10H8Br2O3. The van der Waals surface area contributed by atoms with Gasteiger partial charge in [0.2, 0.25) is 0 Å². The third-order valence-corrected chi connectivity index (χ3v) is 3.04. The van der Waals surface area contributed by atoms with Crippen LogP contribution in [0.2, 0.25) is 0 Å². The van der Waals surface area contributed by atoms with Crippen LogP contribution >= 0.6 is 31.9 Å². The predicted octanol–water partition coefficient (Wildman–Crippen LogP) is 2.74. The van der Waals surface area contributed by atoms with Crippen LogP contribution in [0.15, 0.2) is 21.1 Å². The Bertz CT molecular complexity index is 402. The summed E-state index contributed by atoms with van der Waals surface area (Å²) < 4.78 is 6.05. The summed E-state index contributed by atoms with van der Waals surface area (Å²) >= 11 is 6.57. The Morgan fingerprint density at radius 3 is 2.67 bits per heavy atom. The fourth-order valence-corrected chi connectivity index (χ4v) is 2.53. The number of carbonyl (C=O) groups is 2. The van der Waals surface area contributed by atoms with Crippen molar-refractivity contribution in [3.8, 4) is 0 Å². The highest BCUT2D eigenvalue weighted by Crippen LogP contribution is 2.25. The average molecular weight is 336 g/mol. The third kappa shape index (κ3) is 3.14. The first kappa shape index (κ1) is 12.4. The molecule has 0 radical (unpaired) electrons. The Hall–Kier alpha value is -0.680. The highest BCUT2D eigenvalue weighted by atomic mass is 79.9. The molecule has 1 rings (SSSR count). The number of hydrogen-bond donors (Lipinski definition) is 0. The summed E-state index contributed by atoms with van der Waals surface area (Å²) in [7, 11) is 1.32. The van der Waals surface area contributed by atoms with Crippen molar-refractivity contribution in [3.63, 3.8) is 0 Å². The lowest BCUT2D eigenvalue weighted by atomic mass is 10.1. The van der Waals surface area contributed by atoms with Gasteiger partial charge in [0.1, 0.15) is 6.29 Å². The zero-order chi connectivity index (χ0) is 11.4. The van der Waals surface area contributed by atoms with E-state index < -0.39 is 0 Å². The number of methoxy groups -OCH3 is 1. The van der Waals surface area contributed by atoms with Crippen molar-refractivity contribution in [2.45, 2.75) is 6.42 Å². The summed E-state index contributed by atoms with van der Waals surface area (Å²) in [6, 6.07) is 3.45. The van der Waals surface area contributed by atoms with Gasteiger partial charge < -0.3 is 4.74 Å². The Labute approximate surface area is 104 Å². The fraction of sp³-hybridized carbons (Fsp3) is 0.200. The maximum atomic E-state index is 11.1. The molecule has 0 spiro atoms. The maximum Gasteiger partial charge on any atom is 0.310 e. The van der Waals surface area contributed by atoms with Gasteiger partial charge in [-0.05, 0) is 17.7 Å². The summed E-state index contributed by atoms with van der Waals surface area (Å²) in [5.41, 5.74) is 1.11. The van der Waals surface area contributed by atoms with E-state index in [9.17, 15) is 9.59 Å². The molecule has 0 aliphatic rings. The van der Waals surface area contributed by atoms with E-state index in [2.05, 4.69) is 36.6 Å². The molecule has 0 fully saturated rings. The Balaban J connectivity index is 3.15. The molecule has 0 saturated carbocycles. The summed E-state index contributed by atoms with van der Waals surface area (Å²) in [6.07, 6.45) is 0.798. The minimum absolute atomic E-state index is 0.0818. The summed E-state index contributed by atoms with van der Waals surface area (Å²) in [4.78, 5) is 21.9. The molecule has 5 heteroatoms. The van der Waals surface area contributed by atoms with E-state index in [1.807, 2.05) is 0 Å². The van der Waals surface area contributed by atoms with E-state index in [0.29, 0.717) is 21.9 Å². The van der Waals surface area contributed by atoms with Crippen LogP contribution in [-0.4, -0.2) is 19.4 Å². The van der Waals surface area contributed by atoms with E-state index in [0.717, 1.165) is 4.47 Å². The van der Waals surface area contributed by atoms with E-state index in [-0.39, 0.29) is 12.4 Å². The first-order valence-corrected chi connectivity index (χ1v) is 5.67. The van der Waals surface area contributed by atoms with Crippen molar-refractivity contribution in [3.05, 3.63) is 32.2 Å². The van der Waals surface area contributed by atoms with Crippen LogP contribution in [0.4, 0.5) is 0 Å². The van der Waals surface area contributed by atoms with Gasteiger partial charge >= 0.3 is 5.97 Å². The van der Waals surface area contributed by atoms with Crippen molar-refractivity contribution in [1.82, 2.24) is 0 Å². The smallest absolute Gasteiger partial charge is 0.310 e. The highest BCUT2D eigenvalue weighted by Gasteiger charge is 2.12. The zero-order valence-corrected chi connectivity index (χ0v) is 11.1. The molecule has 1 aromatic rings. The fourth-order valence-electron chi connectivity index (χ4n) is 1.13. The first-order valence-electron chi connectivity index (χ1n) is 4.08. The molecule has 0 heterocycles. The van der Waals surface area contributed by atoms with Crippen LogP contribution in [0.5, 0.6) is 0 Å². The highest BCUT2D eigenvalue weighted by molar-refractivity contribution is 9.11. The number of benzene rings is 1. The van der Waals surface area contributed by atoms with Gasteiger partial charge in [-0.15, -0.1) is 0 Å². The van der Waals surface area contributed by atoms with Gasteiger partial charge in [-0.2, -0.15) is 0 Å². The number of rotatable bonds is 3. The molecule has 0 aromatic heterocycles.